The number of halogens is 3. The van der Waals surface area contributed by atoms with Gasteiger partial charge in [-0.15, -0.1) is 0 Å². The summed E-state index contributed by atoms with van der Waals surface area (Å²) in [5.74, 6) is 0. The highest BCUT2D eigenvalue weighted by molar-refractivity contribution is 5.56. The van der Waals surface area contributed by atoms with E-state index < -0.39 is 12.7 Å². The minimum Gasteiger partial charge on any atom is -0.361 e. The molecule has 1 aromatic carbocycles. The molecule has 5 heteroatoms. The molecule has 0 saturated carbocycles. The predicted octanol–water partition coefficient (Wildman–Crippen LogP) is 2.86. The van der Waals surface area contributed by atoms with Crippen molar-refractivity contribution in [2.24, 2.45) is 0 Å². The number of fused-ring (bicyclic) bond motifs is 1. The molecule has 0 aromatic heterocycles. The van der Waals surface area contributed by atoms with E-state index in [0.29, 0.717) is 18.8 Å². The van der Waals surface area contributed by atoms with Gasteiger partial charge in [-0.2, -0.15) is 13.2 Å². The van der Waals surface area contributed by atoms with Crippen LogP contribution in [0.15, 0.2) is 18.2 Å². The summed E-state index contributed by atoms with van der Waals surface area (Å²) in [6.07, 6.45) is -4.17. The summed E-state index contributed by atoms with van der Waals surface area (Å²) >= 11 is 0. The quantitative estimate of drug-likeness (QED) is 0.833. The van der Waals surface area contributed by atoms with Crippen LogP contribution in [-0.2, 0) is 6.54 Å². The highest BCUT2D eigenvalue weighted by Gasteiger charge is 2.33. The van der Waals surface area contributed by atoms with E-state index in [1.54, 1.807) is 6.07 Å². The molecular formula is C13H17F3N2. The van der Waals surface area contributed by atoms with Gasteiger partial charge in [-0.3, -0.25) is 0 Å². The van der Waals surface area contributed by atoms with Crippen LogP contribution in [0, 0.1) is 6.92 Å². The fourth-order valence-electron chi connectivity index (χ4n) is 2.31. The van der Waals surface area contributed by atoms with Gasteiger partial charge in [-0.1, -0.05) is 17.7 Å². The summed E-state index contributed by atoms with van der Waals surface area (Å²) in [7, 11) is 0. The molecule has 1 N–H and O–H groups in total. The average Bonchev–Trinajstić information content (AvgIpc) is 2.36. The van der Waals surface area contributed by atoms with E-state index in [2.05, 4.69) is 5.32 Å². The first-order valence-electron chi connectivity index (χ1n) is 6.00. The molecule has 0 radical (unpaired) electrons. The molecule has 1 aliphatic heterocycles. The molecule has 1 aliphatic rings. The summed E-state index contributed by atoms with van der Waals surface area (Å²) < 4.78 is 37.8. The molecule has 0 saturated heterocycles. The van der Waals surface area contributed by atoms with Crippen molar-refractivity contribution in [3.63, 3.8) is 0 Å². The van der Waals surface area contributed by atoms with Crippen molar-refractivity contribution in [1.82, 2.24) is 5.32 Å². The Labute approximate surface area is 105 Å². The van der Waals surface area contributed by atoms with E-state index in [4.69, 9.17) is 0 Å². The molecule has 0 fully saturated rings. The molecule has 100 valence electrons. The maximum atomic E-state index is 12.6. The Morgan fingerprint density at radius 2 is 2.11 bits per heavy atom. The molecule has 0 spiro atoms. The van der Waals surface area contributed by atoms with E-state index >= 15 is 0 Å². The lowest BCUT2D eigenvalue weighted by atomic mass is 10.1. The number of anilines is 1. The smallest absolute Gasteiger partial charge is 0.361 e. The van der Waals surface area contributed by atoms with E-state index in [1.165, 1.54) is 4.90 Å². The topological polar surface area (TPSA) is 15.3 Å². The Hall–Kier alpha value is -1.23. The third kappa shape index (κ3) is 3.16. The fourth-order valence-corrected chi connectivity index (χ4v) is 2.31. The zero-order chi connectivity index (χ0) is 13.3. The lowest BCUT2D eigenvalue weighted by Gasteiger charge is -2.27. The highest BCUT2D eigenvalue weighted by Crippen LogP contribution is 2.28. The zero-order valence-electron chi connectivity index (χ0n) is 10.5. The van der Waals surface area contributed by atoms with Crippen LogP contribution in [0.5, 0.6) is 0 Å². The average molecular weight is 258 g/mol. The van der Waals surface area contributed by atoms with Gasteiger partial charge in [0.25, 0.3) is 0 Å². The minimum absolute atomic E-state index is 0.0417. The Bertz CT molecular complexity index is 429. The van der Waals surface area contributed by atoms with Gasteiger partial charge in [0, 0.05) is 24.8 Å². The second kappa shape index (κ2) is 4.80. The SMILES string of the molecule is Cc1ccc2c(c1)CNC(C)CN2CC(F)(F)F. The van der Waals surface area contributed by atoms with Gasteiger partial charge in [0.1, 0.15) is 6.54 Å². The summed E-state index contributed by atoms with van der Waals surface area (Å²) in [5, 5.41) is 3.23. The van der Waals surface area contributed by atoms with E-state index in [0.717, 1.165) is 11.1 Å². The lowest BCUT2D eigenvalue weighted by molar-refractivity contribution is -0.119. The zero-order valence-corrected chi connectivity index (χ0v) is 10.5. The standard InChI is InChI=1S/C13H17F3N2/c1-9-3-4-12-11(5-9)6-17-10(2)7-18(12)8-13(14,15)16/h3-5,10,17H,6-8H2,1-2H3. The number of alkyl halides is 3. The Balaban J connectivity index is 2.33. The normalized spacial score (nSPS) is 20.5. The maximum Gasteiger partial charge on any atom is 0.405 e. The van der Waals surface area contributed by atoms with Gasteiger partial charge in [-0.25, -0.2) is 0 Å². The molecule has 1 unspecified atom stereocenters. The molecule has 0 bridgehead atoms. The molecule has 0 amide bonds. The number of hydrogen-bond acceptors (Lipinski definition) is 2. The first-order chi connectivity index (χ1) is 8.35. The number of benzene rings is 1. The van der Waals surface area contributed by atoms with Gasteiger partial charge in [0.15, 0.2) is 0 Å². The van der Waals surface area contributed by atoms with E-state index in [9.17, 15) is 13.2 Å². The second-order valence-corrected chi connectivity index (χ2v) is 4.91. The Kier molecular flexibility index (Phi) is 3.52. The van der Waals surface area contributed by atoms with Gasteiger partial charge in [0.05, 0.1) is 0 Å². The Morgan fingerprint density at radius 3 is 2.78 bits per heavy atom. The summed E-state index contributed by atoms with van der Waals surface area (Å²) in [6.45, 7) is 3.95. The van der Waals surface area contributed by atoms with Crippen LogP contribution in [-0.4, -0.2) is 25.3 Å². The van der Waals surface area contributed by atoms with Crippen LogP contribution in [0.2, 0.25) is 0 Å². The molecule has 1 aromatic rings. The number of rotatable bonds is 1. The number of aryl methyl sites for hydroxylation is 1. The van der Waals surface area contributed by atoms with Crippen LogP contribution in [0.3, 0.4) is 0 Å². The van der Waals surface area contributed by atoms with Gasteiger partial charge >= 0.3 is 6.18 Å². The monoisotopic (exact) mass is 258 g/mol. The minimum atomic E-state index is -4.17. The number of nitrogens with zero attached hydrogens (tertiary/aromatic N) is 1. The van der Waals surface area contributed by atoms with Gasteiger partial charge < -0.3 is 10.2 Å². The molecule has 1 heterocycles. The van der Waals surface area contributed by atoms with E-state index in [-0.39, 0.29) is 6.04 Å². The summed E-state index contributed by atoms with van der Waals surface area (Å²) in [6, 6.07) is 5.64. The molecule has 18 heavy (non-hydrogen) atoms. The second-order valence-electron chi connectivity index (χ2n) is 4.91. The Morgan fingerprint density at radius 1 is 1.39 bits per heavy atom. The molecule has 2 rings (SSSR count). The number of nitrogens with one attached hydrogen (secondary N) is 1. The van der Waals surface area contributed by atoms with Crippen LogP contribution in [0.4, 0.5) is 18.9 Å². The first-order valence-corrected chi connectivity index (χ1v) is 6.00. The van der Waals surface area contributed by atoms with Gasteiger partial charge in [0.2, 0.25) is 0 Å². The van der Waals surface area contributed by atoms with Crippen LogP contribution < -0.4 is 10.2 Å². The van der Waals surface area contributed by atoms with Crippen LogP contribution >= 0.6 is 0 Å². The number of hydrogen-bond donors (Lipinski definition) is 1. The molecule has 2 nitrogen and oxygen atoms in total. The molecule has 0 aliphatic carbocycles. The van der Waals surface area contributed by atoms with Crippen molar-refractivity contribution in [2.45, 2.75) is 32.6 Å². The molecule has 1 atom stereocenters. The largest absolute Gasteiger partial charge is 0.405 e. The predicted molar refractivity (Wildman–Crippen MR) is 65.7 cm³/mol. The van der Waals surface area contributed by atoms with Crippen molar-refractivity contribution in [3.8, 4) is 0 Å². The third-order valence-corrected chi connectivity index (χ3v) is 3.08. The van der Waals surface area contributed by atoms with E-state index in [1.807, 2.05) is 26.0 Å². The highest BCUT2D eigenvalue weighted by atomic mass is 19.4. The van der Waals surface area contributed by atoms with Crippen molar-refractivity contribution in [2.75, 3.05) is 18.0 Å². The van der Waals surface area contributed by atoms with Crippen LogP contribution in [0.25, 0.3) is 0 Å². The van der Waals surface area contributed by atoms with Crippen LogP contribution in [0.1, 0.15) is 18.1 Å². The fraction of sp³-hybridized carbons (Fsp3) is 0.538. The molecular weight excluding hydrogens is 241 g/mol. The summed E-state index contributed by atoms with van der Waals surface area (Å²) in [5.41, 5.74) is 2.69. The maximum absolute atomic E-state index is 12.6. The third-order valence-electron chi connectivity index (χ3n) is 3.08. The van der Waals surface area contributed by atoms with Crippen molar-refractivity contribution >= 4 is 5.69 Å². The van der Waals surface area contributed by atoms with Crippen molar-refractivity contribution < 1.29 is 13.2 Å². The van der Waals surface area contributed by atoms with Gasteiger partial charge in [-0.05, 0) is 25.5 Å². The van der Waals surface area contributed by atoms with Crippen molar-refractivity contribution in [1.29, 1.82) is 0 Å². The summed E-state index contributed by atoms with van der Waals surface area (Å²) in [4.78, 5) is 1.42. The first kappa shape index (κ1) is 13.2. The lowest BCUT2D eigenvalue weighted by Crippen LogP contribution is -2.41. The van der Waals surface area contributed by atoms with Crippen molar-refractivity contribution in [3.05, 3.63) is 29.3 Å².